The number of rotatable bonds is 38. The highest BCUT2D eigenvalue weighted by molar-refractivity contribution is 6.03. The molecule has 2 saturated heterocycles. The number of nitrogens with one attached hydrogen (secondary N) is 6. The minimum atomic E-state index is -0.875. The third-order valence-electron chi connectivity index (χ3n) is 18.7. The Bertz CT molecular complexity index is 2980. The van der Waals surface area contributed by atoms with Gasteiger partial charge in [0.1, 0.15) is 24.2 Å². The van der Waals surface area contributed by atoms with Crippen molar-refractivity contribution >= 4 is 64.8 Å². The second-order valence-corrected chi connectivity index (χ2v) is 27.1. The number of likely N-dealkylation sites (tertiary alicyclic amines) is 2. The fraction of sp³-hybridized carbons (Fsp3) is 0.627. The maximum absolute atomic E-state index is 14.2. The van der Waals surface area contributed by atoms with Crippen LogP contribution in [0.25, 0.3) is 0 Å². The van der Waals surface area contributed by atoms with Crippen molar-refractivity contribution < 1.29 is 57.4 Å². The number of methoxy groups -OCH3 is 2. The Kier molecular flexibility index (Phi) is 37.2. The number of aryl methyl sites for hydroxylation is 1. The molecule has 2 aliphatic heterocycles. The van der Waals surface area contributed by atoms with Crippen LogP contribution in [-0.4, -0.2) is 195 Å². The van der Waals surface area contributed by atoms with Gasteiger partial charge in [-0.25, -0.2) is 0 Å². The van der Waals surface area contributed by atoms with Crippen LogP contribution < -0.4 is 37.6 Å². The Labute approximate surface area is 584 Å². The first-order valence-electron chi connectivity index (χ1n) is 34.8. The Hall–Kier alpha value is -7.60. The van der Waals surface area contributed by atoms with Gasteiger partial charge in [0.25, 0.3) is 0 Å². The number of carbonyl (C=O) groups excluding carboxylic acids is 10. The molecule has 3 aromatic carbocycles. The quantitative estimate of drug-likeness (QED) is 0.0225. The third-order valence-corrected chi connectivity index (χ3v) is 18.7. The number of ether oxygens (including phenoxy) is 2. The highest BCUT2D eigenvalue weighted by Gasteiger charge is 2.44. The average molecular weight is 1370 g/mol. The van der Waals surface area contributed by atoms with Crippen molar-refractivity contribution in [1.29, 1.82) is 0 Å². The number of nitrogens with zero attached hydrogens (tertiary/aromatic N) is 4. The van der Waals surface area contributed by atoms with Crippen LogP contribution in [0.5, 0.6) is 0 Å². The van der Waals surface area contributed by atoms with Crippen LogP contribution >= 0.6 is 0 Å². The van der Waals surface area contributed by atoms with E-state index >= 15 is 0 Å². The normalized spacial score (nSPS) is 17.5. The Morgan fingerprint density at radius 1 is 0.684 bits per heavy atom. The number of carbonyl (C=O) groups is 10. The molecule has 0 radical (unpaired) electrons. The number of nitrogens with two attached hydrogens (primary N) is 1. The molecule has 23 nitrogen and oxygen atoms in total. The molecular formula is C75H119N11O12. The number of imide groups is 1. The van der Waals surface area contributed by atoms with E-state index in [1.165, 1.54) is 11.9 Å². The smallest absolute Gasteiger partial charge is 0.246 e. The number of anilines is 1. The standard InChI is InChI=1S/C41H70N6O7.C33H45N5O5.CH4/c1-14-27(6)36(46(11)41(52)34(25(2)3)44-40(51)35(26(4)5)45(9)10)32(53-12)24-33(48)47-22-18-21-31(47)37(54-13)28(7)38(49)43-30(39(50)42-8)23-29-19-16-15-17-20-29;1-23-15-17-26(18-16-23)35-31(41)27(13-8-9-19-34)37-32(42)28(22-25-11-5-3-6-12-25)36-29(39)14-7-4-10-20-38-30(40)21-24(2)33(38)43;/h15-17,19-20,25-28,30-32,34-37H,14,18,21-24H2,1-13H3,(H,42,50)(H,43,49)(H,44,51);3,5-6,11-12,15-18,24,27-28H,4,7-10,13-14,19-22,34H2,1-2H3,(H,35,41)(H,36,39)(H,37,42);1H4/t27-,28+,30-,31-,32+,34-,35?,36-,37+;24?,27-,28-;/m00./s1. The molecule has 2 aliphatic rings. The lowest BCUT2D eigenvalue weighted by Crippen LogP contribution is -2.59. The second-order valence-electron chi connectivity index (χ2n) is 27.1. The van der Waals surface area contributed by atoms with E-state index in [0.29, 0.717) is 76.7 Å². The lowest BCUT2D eigenvalue weighted by atomic mass is 9.89. The number of amides is 10. The number of benzene rings is 3. The van der Waals surface area contributed by atoms with Gasteiger partial charge in [0.05, 0.1) is 42.7 Å². The minimum absolute atomic E-state index is 0. The van der Waals surface area contributed by atoms with Crippen LogP contribution in [0.1, 0.15) is 157 Å². The van der Waals surface area contributed by atoms with Crippen LogP contribution in [-0.2, 0) is 70.3 Å². The maximum atomic E-state index is 14.2. The molecule has 8 N–H and O–H groups in total. The molecule has 0 saturated carbocycles. The zero-order valence-corrected chi connectivity index (χ0v) is 60.5. The zero-order valence-electron chi connectivity index (χ0n) is 60.5. The van der Waals surface area contributed by atoms with Crippen molar-refractivity contribution in [3.63, 3.8) is 0 Å². The molecule has 0 spiro atoms. The highest BCUT2D eigenvalue weighted by atomic mass is 16.5. The number of unbranched alkanes of at least 4 members (excludes halogenated alkanes) is 3. The van der Waals surface area contributed by atoms with Crippen molar-refractivity contribution in [2.75, 3.05) is 67.4 Å². The van der Waals surface area contributed by atoms with Gasteiger partial charge in [-0.05, 0) is 114 Å². The molecule has 2 unspecified atom stereocenters. The van der Waals surface area contributed by atoms with Gasteiger partial charge in [-0.3, -0.25) is 57.7 Å². The highest BCUT2D eigenvalue weighted by Crippen LogP contribution is 2.30. The van der Waals surface area contributed by atoms with E-state index in [2.05, 4.69) is 31.9 Å². The van der Waals surface area contributed by atoms with Crippen LogP contribution in [0.2, 0.25) is 0 Å². The lowest BCUT2D eigenvalue weighted by Gasteiger charge is -2.41. The minimum Gasteiger partial charge on any atom is -0.379 e. The van der Waals surface area contributed by atoms with Crippen molar-refractivity contribution in [3.8, 4) is 0 Å². The average Bonchev–Trinajstić information content (AvgIpc) is 1.16. The van der Waals surface area contributed by atoms with Crippen molar-refractivity contribution in [1.82, 2.24) is 46.2 Å². The molecule has 0 aliphatic carbocycles. The SMILES string of the molecule is C.CC[C@H](C)[C@@H]([C@@H](CC(=O)N1CCC[C@H]1[C@H](OC)[C@@H](C)C(=O)N[C@@H](Cc1ccccc1)C(=O)NC)OC)N(C)C(=O)[C@@H](NC(=O)C(C(C)C)N(C)C)C(C)C.Cc1ccc(NC(=O)[C@H](CCCCN)NC(=O)[C@H](Cc2ccccc2)NC(=O)CCCCCN2C(=O)CC(C)C2=O)cc1. The predicted octanol–water partition coefficient (Wildman–Crippen LogP) is 6.97. The Morgan fingerprint density at radius 3 is 1.79 bits per heavy atom. The van der Waals surface area contributed by atoms with Gasteiger partial charge < -0.3 is 56.9 Å². The Morgan fingerprint density at radius 2 is 1.28 bits per heavy atom. The predicted molar refractivity (Wildman–Crippen MR) is 384 cm³/mol. The summed E-state index contributed by atoms with van der Waals surface area (Å²) in [5.41, 5.74) is 9.15. The monoisotopic (exact) mass is 1370 g/mol. The van der Waals surface area contributed by atoms with Crippen molar-refractivity contribution in [2.45, 2.75) is 214 Å². The molecular weight excluding hydrogens is 1250 g/mol. The first-order valence-corrected chi connectivity index (χ1v) is 34.8. The van der Waals surface area contributed by atoms with E-state index in [-0.39, 0.29) is 116 Å². The number of hydrogen-bond donors (Lipinski definition) is 7. The van der Waals surface area contributed by atoms with Crippen LogP contribution in [0.3, 0.4) is 0 Å². The van der Waals surface area contributed by atoms with E-state index in [1.807, 2.05) is 152 Å². The van der Waals surface area contributed by atoms with Crippen molar-refractivity contribution in [2.24, 2.45) is 35.3 Å². The van der Waals surface area contributed by atoms with E-state index < -0.39 is 60.3 Å². The topological polar surface area (TPSA) is 300 Å². The summed E-state index contributed by atoms with van der Waals surface area (Å²) >= 11 is 0. The number of likely N-dealkylation sites (N-methyl/N-ethyl adjacent to an activating group) is 3. The molecule has 546 valence electrons. The molecule has 12 atom stereocenters. The largest absolute Gasteiger partial charge is 0.379 e. The first-order chi connectivity index (χ1) is 46.1. The summed E-state index contributed by atoms with van der Waals surface area (Å²) in [7, 11) is 10.1. The summed E-state index contributed by atoms with van der Waals surface area (Å²) in [5, 5.41) is 17.2. The maximum Gasteiger partial charge on any atom is 0.246 e. The Balaban J connectivity index is 0.000000517. The molecule has 0 aromatic heterocycles. The van der Waals surface area contributed by atoms with E-state index in [0.717, 1.165) is 29.5 Å². The van der Waals surface area contributed by atoms with Gasteiger partial charge in [0.15, 0.2) is 0 Å². The molecule has 2 fully saturated rings. The fourth-order valence-corrected chi connectivity index (χ4v) is 13.0. The van der Waals surface area contributed by atoms with Gasteiger partial charge >= 0.3 is 0 Å². The zero-order chi connectivity index (χ0) is 72.1. The summed E-state index contributed by atoms with van der Waals surface area (Å²) in [6.07, 6.45) is 5.55. The summed E-state index contributed by atoms with van der Waals surface area (Å²) in [5.74, 6) is -3.65. The summed E-state index contributed by atoms with van der Waals surface area (Å²) in [6, 6.07) is 21.8. The van der Waals surface area contributed by atoms with Gasteiger partial charge in [0.2, 0.25) is 59.1 Å². The second kappa shape index (κ2) is 43.0. The lowest BCUT2D eigenvalue weighted by molar-refractivity contribution is -0.148. The van der Waals surface area contributed by atoms with Crippen LogP contribution in [0.15, 0.2) is 84.9 Å². The summed E-state index contributed by atoms with van der Waals surface area (Å²) in [6.45, 7) is 18.7. The molecule has 0 bridgehead atoms. The van der Waals surface area contributed by atoms with Gasteiger partial charge in [-0.15, -0.1) is 0 Å². The third kappa shape index (κ3) is 25.9. The molecule has 10 amide bonds. The first kappa shape index (κ1) is 84.6. The van der Waals surface area contributed by atoms with E-state index in [4.69, 9.17) is 15.2 Å². The fourth-order valence-electron chi connectivity index (χ4n) is 13.0. The molecule has 2 heterocycles. The molecule has 98 heavy (non-hydrogen) atoms. The van der Waals surface area contributed by atoms with Crippen LogP contribution in [0, 0.1) is 36.5 Å². The van der Waals surface area contributed by atoms with Gasteiger partial charge in [-0.2, -0.15) is 0 Å². The van der Waals surface area contributed by atoms with E-state index in [1.54, 1.807) is 44.9 Å². The van der Waals surface area contributed by atoms with Gasteiger partial charge in [0, 0.05) is 78.7 Å². The van der Waals surface area contributed by atoms with Crippen LogP contribution in [0.4, 0.5) is 5.69 Å². The van der Waals surface area contributed by atoms with E-state index in [9.17, 15) is 47.9 Å². The van der Waals surface area contributed by atoms with Crippen molar-refractivity contribution in [3.05, 3.63) is 102 Å². The summed E-state index contributed by atoms with van der Waals surface area (Å²) < 4.78 is 12.0. The van der Waals surface area contributed by atoms with Gasteiger partial charge in [-0.1, -0.05) is 154 Å². The molecule has 5 rings (SSSR count). The molecule has 23 heteroatoms. The molecule has 3 aromatic rings. The number of hydrogen-bond acceptors (Lipinski definition) is 14. The summed E-state index contributed by atoms with van der Waals surface area (Å²) in [4.78, 5) is 139.